The molecule has 10 heavy (non-hydrogen) atoms. The van der Waals surface area contributed by atoms with Crippen molar-refractivity contribution in [3.05, 3.63) is 0 Å². The lowest BCUT2D eigenvalue weighted by atomic mass is 10.4. The van der Waals surface area contributed by atoms with Crippen molar-refractivity contribution in [2.24, 2.45) is 10.7 Å². The van der Waals surface area contributed by atoms with Crippen LogP contribution in [-0.4, -0.2) is 25.0 Å². The minimum Gasteiger partial charge on any atom is -0.373 e. The number of rotatable bonds is 3. The van der Waals surface area contributed by atoms with Crippen LogP contribution in [0.25, 0.3) is 0 Å². The molecule has 0 bridgehead atoms. The highest BCUT2D eigenvalue weighted by Crippen LogP contribution is 1.84. The molecule has 4 nitrogen and oxygen atoms in total. The van der Waals surface area contributed by atoms with Crippen molar-refractivity contribution in [3.8, 4) is 0 Å². The van der Waals surface area contributed by atoms with E-state index < -0.39 is 6.03 Å². The molecule has 0 aliphatic rings. The van der Waals surface area contributed by atoms with E-state index in [4.69, 9.17) is 10.5 Å². The second-order valence-corrected chi connectivity index (χ2v) is 1.78. The first-order valence-electron chi connectivity index (χ1n) is 3.12. The second-order valence-electron chi connectivity index (χ2n) is 1.78. The lowest BCUT2D eigenvalue weighted by Gasteiger charge is -2.02. The lowest BCUT2D eigenvalue weighted by Crippen LogP contribution is -2.12. The smallest absolute Gasteiger partial charge is 0.338 e. The molecule has 0 rings (SSSR count). The summed E-state index contributed by atoms with van der Waals surface area (Å²) in [5, 5.41) is 0. The number of hydrogen-bond acceptors (Lipinski definition) is 2. The Kier molecular flexibility index (Phi) is 4.49. The highest BCUT2D eigenvalue weighted by atomic mass is 16.5. The number of aliphatic imine (C=N–C) groups is 1. The molecule has 0 aromatic heterocycles. The second kappa shape index (κ2) is 4.93. The molecule has 0 fully saturated rings. The molecule has 0 spiro atoms. The van der Waals surface area contributed by atoms with Gasteiger partial charge in [0.1, 0.15) is 0 Å². The Morgan fingerprint density at radius 1 is 1.90 bits per heavy atom. The van der Waals surface area contributed by atoms with Gasteiger partial charge in [-0.05, 0) is 13.8 Å². The summed E-state index contributed by atoms with van der Waals surface area (Å²) in [5.74, 6) is 0. The van der Waals surface area contributed by atoms with E-state index in [9.17, 15) is 4.79 Å². The third-order valence-electron chi connectivity index (χ3n) is 0.841. The zero-order valence-corrected chi connectivity index (χ0v) is 6.20. The van der Waals surface area contributed by atoms with Crippen molar-refractivity contribution >= 4 is 12.2 Å². The van der Waals surface area contributed by atoms with Gasteiger partial charge in [-0.1, -0.05) is 0 Å². The number of amides is 2. The van der Waals surface area contributed by atoms with Gasteiger partial charge < -0.3 is 10.5 Å². The fourth-order valence-electron chi connectivity index (χ4n) is 0.484. The monoisotopic (exact) mass is 144 g/mol. The third kappa shape index (κ3) is 5.24. The van der Waals surface area contributed by atoms with Crippen molar-refractivity contribution in [2.75, 3.05) is 6.61 Å². The minimum absolute atomic E-state index is 0.141. The molecule has 0 aromatic carbocycles. The van der Waals surface area contributed by atoms with Crippen LogP contribution in [0.2, 0.25) is 0 Å². The first kappa shape index (κ1) is 9.10. The zero-order chi connectivity index (χ0) is 7.98. The molecule has 0 aromatic rings. The summed E-state index contributed by atoms with van der Waals surface area (Å²) < 4.78 is 5.04. The number of hydrogen-bond donors (Lipinski definition) is 1. The molecule has 4 heteroatoms. The summed E-state index contributed by atoms with van der Waals surface area (Å²) in [5.41, 5.74) is 4.74. The molecular weight excluding hydrogens is 132 g/mol. The van der Waals surface area contributed by atoms with E-state index in [0.717, 1.165) is 0 Å². The topological polar surface area (TPSA) is 64.7 Å². The average molecular weight is 144 g/mol. The van der Waals surface area contributed by atoms with E-state index in [2.05, 4.69) is 4.99 Å². The number of primary amides is 1. The van der Waals surface area contributed by atoms with Crippen molar-refractivity contribution in [3.63, 3.8) is 0 Å². The van der Waals surface area contributed by atoms with Crippen LogP contribution >= 0.6 is 0 Å². The van der Waals surface area contributed by atoms with Gasteiger partial charge >= 0.3 is 6.03 Å². The summed E-state index contributed by atoms with van der Waals surface area (Å²) >= 11 is 0. The Morgan fingerprint density at radius 3 is 2.90 bits per heavy atom. The lowest BCUT2D eigenvalue weighted by molar-refractivity contribution is 0.125. The molecule has 2 N–H and O–H groups in total. The van der Waals surface area contributed by atoms with E-state index in [0.29, 0.717) is 6.61 Å². The summed E-state index contributed by atoms with van der Waals surface area (Å²) in [6.45, 7) is 4.26. The number of ether oxygens (including phenoxy) is 1. The predicted octanol–water partition coefficient (Wildman–Crippen LogP) is 0.561. The molecule has 0 saturated carbocycles. The molecular formula is C6H12N2O2. The van der Waals surface area contributed by atoms with Gasteiger partial charge in [0, 0.05) is 12.8 Å². The number of nitrogens with zero attached hydrogens (tertiary/aromatic N) is 1. The number of urea groups is 1. The fourth-order valence-corrected chi connectivity index (χ4v) is 0.484. The third-order valence-corrected chi connectivity index (χ3v) is 0.841. The van der Waals surface area contributed by atoms with Gasteiger partial charge in [-0.2, -0.15) is 0 Å². The Balaban J connectivity index is 3.55. The minimum atomic E-state index is -0.688. The van der Waals surface area contributed by atoms with Gasteiger partial charge in [0.25, 0.3) is 0 Å². The molecule has 0 saturated heterocycles. The molecule has 0 aliphatic carbocycles. The van der Waals surface area contributed by atoms with Crippen LogP contribution in [0.15, 0.2) is 4.99 Å². The van der Waals surface area contributed by atoms with Crippen LogP contribution in [0.4, 0.5) is 4.79 Å². The summed E-state index contributed by atoms with van der Waals surface area (Å²) in [4.78, 5) is 13.4. The molecule has 0 radical (unpaired) electrons. The summed E-state index contributed by atoms with van der Waals surface area (Å²) in [7, 11) is 0. The van der Waals surface area contributed by atoms with Crippen LogP contribution in [0.1, 0.15) is 13.8 Å². The Hall–Kier alpha value is -0.900. The van der Waals surface area contributed by atoms with Gasteiger partial charge in [0.15, 0.2) is 0 Å². The van der Waals surface area contributed by atoms with Crippen molar-refractivity contribution < 1.29 is 9.53 Å². The fraction of sp³-hybridized carbons (Fsp3) is 0.667. The first-order valence-corrected chi connectivity index (χ1v) is 3.12. The molecule has 58 valence electrons. The predicted molar refractivity (Wildman–Crippen MR) is 39.2 cm³/mol. The quantitative estimate of drug-likeness (QED) is 0.588. The number of nitrogens with two attached hydrogens (primary N) is 1. The van der Waals surface area contributed by atoms with Crippen molar-refractivity contribution in [1.29, 1.82) is 0 Å². The van der Waals surface area contributed by atoms with Crippen LogP contribution in [0.5, 0.6) is 0 Å². The van der Waals surface area contributed by atoms with Gasteiger partial charge in [-0.15, -0.1) is 0 Å². The van der Waals surface area contributed by atoms with E-state index in [1.165, 1.54) is 6.21 Å². The highest BCUT2D eigenvalue weighted by Gasteiger charge is 1.94. The molecule has 2 amide bonds. The van der Waals surface area contributed by atoms with Crippen LogP contribution in [0.3, 0.4) is 0 Å². The number of carbonyl (C=O) groups excluding carboxylic acids is 1. The maximum Gasteiger partial charge on any atom is 0.338 e. The maximum absolute atomic E-state index is 10.1. The van der Waals surface area contributed by atoms with Crippen LogP contribution in [-0.2, 0) is 4.74 Å². The maximum atomic E-state index is 10.1. The van der Waals surface area contributed by atoms with Crippen molar-refractivity contribution in [1.82, 2.24) is 0 Å². The average Bonchev–Trinajstić information content (AvgIpc) is 1.85. The van der Waals surface area contributed by atoms with E-state index in [1.807, 2.05) is 6.92 Å². The van der Waals surface area contributed by atoms with E-state index >= 15 is 0 Å². The van der Waals surface area contributed by atoms with Crippen LogP contribution in [0, 0.1) is 0 Å². The molecule has 1 unspecified atom stereocenters. The van der Waals surface area contributed by atoms with Crippen LogP contribution < -0.4 is 5.73 Å². The highest BCUT2D eigenvalue weighted by molar-refractivity contribution is 5.83. The largest absolute Gasteiger partial charge is 0.373 e. The molecule has 1 atom stereocenters. The molecule has 0 heterocycles. The zero-order valence-electron chi connectivity index (χ0n) is 6.20. The Bertz CT molecular complexity index is 134. The van der Waals surface area contributed by atoms with Gasteiger partial charge in [0.05, 0.1) is 6.10 Å². The Labute approximate surface area is 60.1 Å². The SMILES string of the molecule is CCOC(C)C=NC(N)=O. The first-order chi connectivity index (χ1) is 4.66. The molecule has 0 aliphatic heterocycles. The Morgan fingerprint density at radius 2 is 2.50 bits per heavy atom. The van der Waals surface area contributed by atoms with E-state index in [1.54, 1.807) is 6.92 Å². The van der Waals surface area contributed by atoms with E-state index in [-0.39, 0.29) is 6.10 Å². The normalized spacial score (nSPS) is 13.8. The van der Waals surface area contributed by atoms with Gasteiger partial charge in [0.2, 0.25) is 0 Å². The standard InChI is InChI=1S/C6H12N2O2/c1-3-10-5(2)4-8-6(7)9/h4-5H,3H2,1-2H3,(H2,7,9). The van der Waals surface area contributed by atoms with Gasteiger partial charge in [-0.3, -0.25) is 0 Å². The number of carbonyl (C=O) groups is 1. The van der Waals surface area contributed by atoms with Gasteiger partial charge in [-0.25, -0.2) is 9.79 Å². The summed E-state index contributed by atoms with van der Waals surface area (Å²) in [6.07, 6.45) is 1.24. The summed E-state index contributed by atoms with van der Waals surface area (Å²) in [6, 6.07) is -0.688. The van der Waals surface area contributed by atoms with Crippen molar-refractivity contribution in [2.45, 2.75) is 20.0 Å².